The predicted molar refractivity (Wildman–Crippen MR) is 282 cm³/mol. The van der Waals surface area contributed by atoms with Crippen LogP contribution in [0.1, 0.15) is 335 Å². The van der Waals surface area contributed by atoms with Gasteiger partial charge in [-0.25, -0.2) is 0 Å². The van der Waals surface area contributed by atoms with Crippen LogP contribution in [0.3, 0.4) is 0 Å². The average molecular weight is 905 g/mol. The minimum Gasteiger partial charge on any atom is -0.394 e. The summed E-state index contributed by atoms with van der Waals surface area (Å²) in [7, 11) is 0. The molecule has 0 radical (unpaired) electrons. The van der Waals surface area contributed by atoms with E-state index in [1.54, 1.807) is 0 Å². The Bertz CT molecular complexity index is 909. The lowest BCUT2D eigenvalue weighted by Crippen LogP contribution is -2.46. The molecule has 0 aliphatic rings. The number of nitrogens with one attached hydrogen (secondary N) is 1. The van der Waals surface area contributed by atoms with Crippen LogP contribution in [0, 0.1) is 0 Å². The van der Waals surface area contributed by atoms with Crippen LogP contribution in [0.5, 0.6) is 0 Å². The van der Waals surface area contributed by atoms with Gasteiger partial charge in [0.05, 0.1) is 31.3 Å². The molecule has 5 heteroatoms. The highest BCUT2D eigenvalue weighted by Crippen LogP contribution is 2.18. The summed E-state index contributed by atoms with van der Waals surface area (Å²) in [6.07, 6.45) is 68.0. The van der Waals surface area contributed by atoms with E-state index in [4.69, 9.17) is 0 Å². The van der Waals surface area contributed by atoms with Gasteiger partial charge in [0.2, 0.25) is 5.91 Å². The van der Waals surface area contributed by atoms with Crippen LogP contribution in [0.25, 0.3) is 0 Å². The van der Waals surface area contributed by atoms with Crippen LogP contribution in [-0.4, -0.2) is 46.1 Å². The van der Waals surface area contributed by atoms with Gasteiger partial charge in [-0.2, -0.15) is 0 Å². The molecule has 3 unspecified atom stereocenters. The van der Waals surface area contributed by atoms with Gasteiger partial charge in [-0.05, 0) is 38.5 Å². The van der Waals surface area contributed by atoms with Crippen LogP contribution >= 0.6 is 0 Å². The Morgan fingerprint density at radius 3 is 0.906 bits per heavy atom. The number of carbonyl (C=O) groups is 1. The molecule has 0 aromatic carbocycles. The molecule has 0 bridgehead atoms. The molecule has 1 amide bonds. The lowest BCUT2D eigenvalue weighted by molar-refractivity contribution is -0.125. The molecule has 64 heavy (non-hydrogen) atoms. The van der Waals surface area contributed by atoms with Gasteiger partial charge in [-0.3, -0.25) is 4.79 Å². The molecular formula is C59H117NO4. The van der Waals surface area contributed by atoms with Crippen molar-refractivity contribution in [2.45, 2.75) is 353 Å². The van der Waals surface area contributed by atoms with Crippen molar-refractivity contribution in [1.82, 2.24) is 5.32 Å². The van der Waals surface area contributed by atoms with Gasteiger partial charge in [0.25, 0.3) is 0 Å². The average Bonchev–Trinajstić information content (AvgIpc) is 3.29. The molecule has 0 fully saturated rings. The van der Waals surface area contributed by atoms with Crippen molar-refractivity contribution in [3.63, 3.8) is 0 Å². The van der Waals surface area contributed by atoms with E-state index >= 15 is 0 Å². The fraction of sp³-hybridized carbons (Fsp3) is 0.949. The van der Waals surface area contributed by atoms with Gasteiger partial charge in [-0.15, -0.1) is 0 Å². The standard InChI is InChI=1S/C59H117NO4/c1-3-5-7-9-11-13-15-17-19-21-23-25-27-28-29-31-32-34-36-38-40-42-44-46-48-50-52-56(62)54-59(64)60-57(55-61)58(63)53-51-49-47-45-43-41-39-37-35-33-30-26-24-22-20-18-16-14-12-10-8-6-4-2/h28-29,56-58,61-63H,3-27,30-55H2,1-2H3,(H,60,64)/b29-28-. The van der Waals surface area contributed by atoms with E-state index in [1.807, 2.05) is 0 Å². The lowest BCUT2D eigenvalue weighted by Gasteiger charge is -2.23. The van der Waals surface area contributed by atoms with Gasteiger partial charge in [-0.1, -0.05) is 302 Å². The molecule has 0 aromatic heterocycles. The molecule has 0 aliphatic carbocycles. The summed E-state index contributed by atoms with van der Waals surface area (Å²) in [6, 6.07) is -0.657. The van der Waals surface area contributed by atoms with Crippen LogP contribution in [-0.2, 0) is 4.79 Å². The Hall–Kier alpha value is -0.910. The predicted octanol–water partition coefficient (Wildman–Crippen LogP) is 18.3. The number of carbonyl (C=O) groups excluding carboxylic acids is 1. The molecule has 0 heterocycles. The topological polar surface area (TPSA) is 89.8 Å². The second-order valence-corrected chi connectivity index (χ2v) is 20.6. The highest BCUT2D eigenvalue weighted by Gasteiger charge is 2.21. The molecule has 0 saturated heterocycles. The van der Waals surface area contributed by atoms with E-state index in [9.17, 15) is 20.1 Å². The zero-order valence-electron chi connectivity index (χ0n) is 43.7. The first-order valence-electron chi connectivity index (χ1n) is 29.5. The number of hydrogen-bond acceptors (Lipinski definition) is 4. The van der Waals surface area contributed by atoms with Crippen LogP contribution in [0.15, 0.2) is 12.2 Å². The molecule has 0 aromatic rings. The Labute approximate surface area is 401 Å². The number of hydrogen-bond donors (Lipinski definition) is 4. The number of allylic oxidation sites excluding steroid dienone is 2. The molecule has 382 valence electrons. The summed E-state index contributed by atoms with van der Waals surface area (Å²) < 4.78 is 0. The third kappa shape index (κ3) is 50.5. The molecule has 0 rings (SSSR count). The molecule has 0 aliphatic heterocycles. The van der Waals surface area contributed by atoms with E-state index in [2.05, 4.69) is 31.3 Å². The highest BCUT2D eigenvalue weighted by atomic mass is 16.3. The summed E-state index contributed by atoms with van der Waals surface area (Å²) >= 11 is 0. The maximum atomic E-state index is 12.6. The van der Waals surface area contributed by atoms with Gasteiger partial charge in [0, 0.05) is 0 Å². The van der Waals surface area contributed by atoms with Gasteiger partial charge in [0.1, 0.15) is 0 Å². The first-order chi connectivity index (χ1) is 31.5. The summed E-state index contributed by atoms with van der Waals surface area (Å²) in [5.74, 6) is -0.277. The summed E-state index contributed by atoms with van der Waals surface area (Å²) in [5, 5.41) is 33.7. The third-order valence-electron chi connectivity index (χ3n) is 14.1. The molecule has 3 atom stereocenters. The van der Waals surface area contributed by atoms with Crippen molar-refractivity contribution < 1.29 is 20.1 Å². The summed E-state index contributed by atoms with van der Waals surface area (Å²) in [4.78, 5) is 12.6. The van der Waals surface area contributed by atoms with Gasteiger partial charge in [0.15, 0.2) is 0 Å². The summed E-state index contributed by atoms with van der Waals surface area (Å²) in [5.41, 5.74) is 0. The van der Waals surface area contributed by atoms with Crippen molar-refractivity contribution in [3.05, 3.63) is 12.2 Å². The zero-order chi connectivity index (χ0) is 46.5. The van der Waals surface area contributed by atoms with Crippen molar-refractivity contribution in [2.24, 2.45) is 0 Å². The molecule has 5 nitrogen and oxygen atoms in total. The van der Waals surface area contributed by atoms with Crippen molar-refractivity contribution in [3.8, 4) is 0 Å². The van der Waals surface area contributed by atoms with Crippen molar-refractivity contribution >= 4 is 5.91 Å². The molecule has 0 spiro atoms. The Balaban J connectivity index is 3.50. The lowest BCUT2D eigenvalue weighted by atomic mass is 10.0. The van der Waals surface area contributed by atoms with E-state index in [-0.39, 0.29) is 18.9 Å². The first kappa shape index (κ1) is 63.1. The van der Waals surface area contributed by atoms with Crippen LogP contribution < -0.4 is 5.32 Å². The van der Waals surface area contributed by atoms with Crippen LogP contribution in [0.4, 0.5) is 0 Å². The maximum Gasteiger partial charge on any atom is 0.222 e. The second kappa shape index (κ2) is 54.7. The van der Waals surface area contributed by atoms with E-state index in [1.165, 1.54) is 276 Å². The highest BCUT2D eigenvalue weighted by molar-refractivity contribution is 5.76. The number of amides is 1. The Kier molecular flexibility index (Phi) is 53.9. The SMILES string of the molecule is CCCCCCCCCCCCCC/C=C\CCCCCCCCCCCCC(O)CC(=O)NC(CO)C(O)CCCCCCCCCCCCCCCCCCCCCCCCC. The minimum absolute atomic E-state index is 0.0396. The first-order valence-corrected chi connectivity index (χ1v) is 29.5. The smallest absolute Gasteiger partial charge is 0.222 e. The minimum atomic E-state index is -0.748. The van der Waals surface area contributed by atoms with E-state index < -0.39 is 18.2 Å². The van der Waals surface area contributed by atoms with Crippen molar-refractivity contribution in [2.75, 3.05) is 6.61 Å². The largest absolute Gasteiger partial charge is 0.394 e. The van der Waals surface area contributed by atoms with Gasteiger partial charge < -0.3 is 20.6 Å². The summed E-state index contributed by atoms with van der Waals surface area (Å²) in [6.45, 7) is 4.31. The van der Waals surface area contributed by atoms with Gasteiger partial charge >= 0.3 is 0 Å². The van der Waals surface area contributed by atoms with E-state index in [0.717, 1.165) is 25.7 Å². The normalized spacial score (nSPS) is 13.3. The number of aliphatic hydroxyl groups is 3. The number of rotatable bonds is 55. The zero-order valence-corrected chi connectivity index (χ0v) is 43.7. The van der Waals surface area contributed by atoms with E-state index in [0.29, 0.717) is 12.8 Å². The molecule has 0 saturated carbocycles. The fourth-order valence-corrected chi connectivity index (χ4v) is 9.58. The second-order valence-electron chi connectivity index (χ2n) is 20.6. The number of aliphatic hydroxyl groups excluding tert-OH is 3. The molecule has 4 N–H and O–H groups in total. The Morgan fingerprint density at radius 2 is 0.625 bits per heavy atom. The quantitative estimate of drug-likeness (QED) is 0.0362. The fourth-order valence-electron chi connectivity index (χ4n) is 9.58. The van der Waals surface area contributed by atoms with Crippen LogP contribution in [0.2, 0.25) is 0 Å². The van der Waals surface area contributed by atoms with Crippen molar-refractivity contribution in [1.29, 1.82) is 0 Å². The number of unbranched alkanes of at least 4 members (excludes halogenated alkanes) is 44. The third-order valence-corrected chi connectivity index (χ3v) is 14.1. The monoisotopic (exact) mass is 904 g/mol. The maximum absolute atomic E-state index is 12.6. The Morgan fingerprint density at radius 1 is 0.375 bits per heavy atom. The molecular weight excluding hydrogens is 787 g/mol.